The lowest BCUT2D eigenvalue weighted by Crippen LogP contribution is -2.14. The molecule has 0 aliphatic heterocycles. The number of hydrogen-bond acceptors (Lipinski definition) is 7. The molecule has 174 valence electrons. The highest BCUT2D eigenvalue weighted by atomic mass is 32.2. The van der Waals surface area contributed by atoms with Gasteiger partial charge in [0, 0.05) is 16.3 Å². The molecule has 0 radical (unpaired) electrons. The van der Waals surface area contributed by atoms with Crippen LogP contribution in [0.1, 0.15) is 5.82 Å². The number of thioether (sulfide) groups is 2. The quantitative estimate of drug-likeness (QED) is 0.301. The summed E-state index contributed by atoms with van der Waals surface area (Å²) in [6, 6.07) is 24.9. The summed E-state index contributed by atoms with van der Waals surface area (Å²) in [5, 5.41) is 12.2. The number of anilines is 1. The van der Waals surface area contributed by atoms with Gasteiger partial charge >= 0.3 is 0 Å². The zero-order valence-corrected chi connectivity index (χ0v) is 20.4. The Hall–Kier alpha value is -3.43. The average Bonchev–Trinajstić information content (AvgIpc) is 3.30. The Kier molecular flexibility index (Phi) is 8.11. The van der Waals surface area contributed by atoms with E-state index in [0.717, 1.165) is 22.0 Å². The molecule has 0 fully saturated rings. The molecule has 1 N–H and O–H groups in total. The van der Waals surface area contributed by atoms with Gasteiger partial charge in [-0.25, -0.2) is 0 Å². The smallest absolute Gasteiger partial charge is 0.234 e. The molecule has 4 aromatic rings. The molecule has 9 heteroatoms. The minimum atomic E-state index is -0.109. The van der Waals surface area contributed by atoms with Crippen LogP contribution in [0.4, 0.5) is 5.69 Å². The van der Waals surface area contributed by atoms with Crippen LogP contribution in [0, 0.1) is 0 Å². The Labute approximate surface area is 206 Å². The van der Waals surface area contributed by atoms with Gasteiger partial charge in [-0.1, -0.05) is 36.0 Å². The van der Waals surface area contributed by atoms with E-state index in [-0.39, 0.29) is 18.3 Å². The van der Waals surface area contributed by atoms with E-state index in [0.29, 0.717) is 16.7 Å². The normalized spacial score (nSPS) is 10.6. The molecule has 1 amide bonds. The van der Waals surface area contributed by atoms with Crippen LogP contribution in [0.15, 0.2) is 88.9 Å². The molecule has 3 aromatic carbocycles. The zero-order valence-electron chi connectivity index (χ0n) is 18.8. The topological polar surface area (TPSA) is 78.3 Å². The van der Waals surface area contributed by atoms with Crippen LogP contribution in [0.3, 0.4) is 0 Å². The Morgan fingerprint density at radius 1 is 0.971 bits per heavy atom. The summed E-state index contributed by atoms with van der Waals surface area (Å²) in [5.74, 6) is 2.19. The fourth-order valence-electron chi connectivity index (χ4n) is 3.17. The lowest BCUT2D eigenvalue weighted by Gasteiger charge is -2.11. The van der Waals surface area contributed by atoms with Crippen LogP contribution in [-0.4, -0.2) is 39.8 Å². The van der Waals surface area contributed by atoms with E-state index < -0.39 is 0 Å². The molecule has 1 aromatic heterocycles. The molecular formula is C25H24N4O3S2. The first kappa shape index (κ1) is 23.7. The van der Waals surface area contributed by atoms with E-state index in [9.17, 15) is 4.79 Å². The number of nitrogens with zero attached hydrogens (tertiary/aromatic N) is 3. The third kappa shape index (κ3) is 6.12. The first-order valence-corrected chi connectivity index (χ1v) is 12.7. The van der Waals surface area contributed by atoms with Gasteiger partial charge in [-0.05, 0) is 60.9 Å². The largest absolute Gasteiger partial charge is 0.497 e. The SMILES string of the molecule is COc1ccc(OCc2nnc(SCC(=O)Nc3cccc(SC)c3)n2-c2ccccc2)cc1. The molecule has 0 aliphatic carbocycles. The minimum Gasteiger partial charge on any atom is -0.497 e. The Morgan fingerprint density at radius 3 is 2.47 bits per heavy atom. The molecule has 7 nitrogen and oxygen atoms in total. The van der Waals surface area contributed by atoms with Crippen molar-refractivity contribution in [3.63, 3.8) is 0 Å². The summed E-state index contributed by atoms with van der Waals surface area (Å²) < 4.78 is 13.0. The van der Waals surface area contributed by atoms with Crippen molar-refractivity contribution in [2.45, 2.75) is 16.7 Å². The predicted octanol–water partition coefficient (Wildman–Crippen LogP) is 5.31. The van der Waals surface area contributed by atoms with Gasteiger partial charge in [0.25, 0.3) is 0 Å². The number of rotatable bonds is 10. The van der Waals surface area contributed by atoms with Crippen molar-refractivity contribution >= 4 is 35.1 Å². The summed E-state index contributed by atoms with van der Waals surface area (Å²) in [6.07, 6.45) is 2.00. The number of carbonyl (C=O) groups excluding carboxylic acids is 1. The zero-order chi connectivity index (χ0) is 23.8. The Morgan fingerprint density at radius 2 is 1.74 bits per heavy atom. The lowest BCUT2D eigenvalue weighted by molar-refractivity contribution is -0.113. The molecular weight excluding hydrogens is 468 g/mol. The molecule has 1 heterocycles. The standard InChI is InChI=1S/C25H24N4O3S2/c1-31-20-11-13-21(14-12-20)32-16-23-27-28-25(29(23)19-8-4-3-5-9-19)34-17-24(30)26-18-7-6-10-22(15-18)33-2/h3-15H,16-17H2,1-2H3,(H,26,30). The second kappa shape index (κ2) is 11.6. The maximum Gasteiger partial charge on any atom is 0.234 e. The monoisotopic (exact) mass is 492 g/mol. The lowest BCUT2D eigenvalue weighted by atomic mass is 10.3. The highest BCUT2D eigenvalue weighted by Crippen LogP contribution is 2.25. The molecule has 0 bridgehead atoms. The first-order chi connectivity index (χ1) is 16.7. The average molecular weight is 493 g/mol. The number of carbonyl (C=O) groups is 1. The molecule has 0 aliphatic rings. The number of para-hydroxylation sites is 1. The molecule has 0 saturated heterocycles. The second-order valence-electron chi connectivity index (χ2n) is 7.10. The molecule has 34 heavy (non-hydrogen) atoms. The van der Waals surface area contributed by atoms with Gasteiger partial charge in [0.2, 0.25) is 5.91 Å². The van der Waals surface area contributed by atoms with E-state index in [4.69, 9.17) is 9.47 Å². The van der Waals surface area contributed by atoms with Crippen molar-refractivity contribution in [2.24, 2.45) is 0 Å². The van der Waals surface area contributed by atoms with Crippen molar-refractivity contribution in [3.05, 3.63) is 84.7 Å². The van der Waals surface area contributed by atoms with Gasteiger partial charge in [0.05, 0.1) is 12.9 Å². The van der Waals surface area contributed by atoms with Gasteiger partial charge in [0.1, 0.15) is 18.1 Å². The van der Waals surface area contributed by atoms with Crippen molar-refractivity contribution in [1.82, 2.24) is 14.8 Å². The fourth-order valence-corrected chi connectivity index (χ4v) is 4.40. The second-order valence-corrected chi connectivity index (χ2v) is 8.92. The van der Waals surface area contributed by atoms with Crippen LogP contribution >= 0.6 is 23.5 Å². The van der Waals surface area contributed by atoms with Crippen molar-refractivity contribution < 1.29 is 14.3 Å². The maximum atomic E-state index is 12.6. The van der Waals surface area contributed by atoms with Crippen LogP contribution in [-0.2, 0) is 11.4 Å². The molecule has 0 atom stereocenters. The van der Waals surface area contributed by atoms with Gasteiger partial charge in [0.15, 0.2) is 11.0 Å². The van der Waals surface area contributed by atoms with Crippen molar-refractivity contribution in [2.75, 3.05) is 24.4 Å². The number of methoxy groups -OCH3 is 1. The number of aromatic nitrogens is 3. The number of hydrogen-bond donors (Lipinski definition) is 1. The summed E-state index contributed by atoms with van der Waals surface area (Å²) in [6.45, 7) is 0.225. The van der Waals surface area contributed by atoms with Gasteiger partial charge in [-0.15, -0.1) is 22.0 Å². The summed E-state index contributed by atoms with van der Waals surface area (Å²) >= 11 is 2.96. The van der Waals surface area contributed by atoms with E-state index in [1.807, 2.05) is 89.7 Å². The van der Waals surface area contributed by atoms with Gasteiger partial charge in [-0.2, -0.15) is 0 Å². The third-order valence-corrected chi connectivity index (χ3v) is 6.48. The number of benzene rings is 3. The predicted molar refractivity (Wildman–Crippen MR) is 136 cm³/mol. The van der Waals surface area contributed by atoms with Crippen LogP contribution in [0.5, 0.6) is 11.5 Å². The van der Waals surface area contributed by atoms with E-state index >= 15 is 0 Å². The first-order valence-electron chi connectivity index (χ1n) is 10.5. The third-order valence-electron chi connectivity index (χ3n) is 4.83. The number of nitrogens with one attached hydrogen (secondary N) is 1. The van der Waals surface area contributed by atoms with Gasteiger partial charge < -0.3 is 14.8 Å². The fraction of sp³-hybridized carbons (Fsp3) is 0.160. The minimum absolute atomic E-state index is 0.109. The number of amides is 1. The van der Waals surface area contributed by atoms with Crippen LogP contribution < -0.4 is 14.8 Å². The Balaban J connectivity index is 1.47. The summed E-state index contributed by atoms with van der Waals surface area (Å²) in [5.41, 5.74) is 1.67. The van der Waals surface area contributed by atoms with Crippen LogP contribution in [0.25, 0.3) is 5.69 Å². The van der Waals surface area contributed by atoms with E-state index in [1.165, 1.54) is 11.8 Å². The molecule has 0 spiro atoms. The molecule has 4 rings (SSSR count). The van der Waals surface area contributed by atoms with Crippen LogP contribution in [0.2, 0.25) is 0 Å². The summed E-state index contributed by atoms with van der Waals surface area (Å²) in [7, 11) is 1.62. The van der Waals surface area contributed by atoms with E-state index in [2.05, 4.69) is 15.5 Å². The maximum absolute atomic E-state index is 12.6. The van der Waals surface area contributed by atoms with E-state index in [1.54, 1.807) is 18.9 Å². The molecule has 0 unspecified atom stereocenters. The van der Waals surface area contributed by atoms with Crippen molar-refractivity contribution in [1.29, 1.82) is 0 Å². The summed E-state index contributed by atoms with van der Waals surface area (Å²) in [4.78, 5) is 13.7. The number of ether oxygens (including phenoxy) is 2. The van der Waals surface area contributed by atoms with Gasteiger partial charge in [-0.3, -0.25) is 9.36 Å². The highest BCUT2D eigenvalue weighted by Gasteiger charge is 2.16. The van der Waals surface area contributed by atoms with Crippen molar-refractivity contribution in [3.8, 4) is 17.2 Å². The molecule has 0 saturated carbocycles. The Bertz CT molecular complexity index is 1230. The highest BCUT2D eigenvalue weighted by molar-refractivity contribution is 7.99.